The summed E-state index contributed by atoms with van der Waals surface area (Å²) >= 11 is 0. The summed E-state index contributed by atoms with van der Waals surface area (Å²) in [6.45, 7) is 1.08. The second kappa shape index (κ2) is 2.29. The lowest BCUT2D eigenvalue weighted by Crippen LogP contribution is -2.11. The zero-order chi connectivity index (χ0) is 6.81. The maximum absolute atomic E-state index is 4.00. The molecule has 2 rings (SSSR count). The van der Waals surface area contributed by atoms with Crippen molar-refractivity contribution < 1.29 is 0 Å². The zero-order valence-corrected chi connectivity index (χ0v) is 5.72. The SMILES string of the molecule is [c]1cncc2c1NCCC2. The fraction of sp³-hybridized carbons (Fsp3) is 0.375. The van der Waals surface area contributed by atoms with E-state index in [1.54, 1.807) is 6.20 Å². The molecule has 1 N–H and O–H groups in total. The molecule has 0 aliphatic carbocycles. The van der Waals surface area contributed by atoms with E-state index in [1.165, 1.54) is 12.0 Å². The predicted octanol–water partition coefficient (Wildman–Crippen LogP) is 1.24. The molecule has 2 heteroatoms. The highest BCUT2D eigenvalue weighted by molar-refractivity contribution is 5.49. The fourth-order valence-corrected chi connectivity index (χ4v) is 1.23. The van der Waals surface area contributed by atoms with Crippen molar-refractivity contribution in [3.05, 3.63) is 24.0 Å². The average molecular weight is 133 g/mol. The number of pyridine rings is 1. The fourth-order valence-electron chi connectivity index (χ4n) is 1.23. The van der Waals surface area contributed by atoms with Gasteiger partial charge in [-0.05, 0) is 18.4 Å². The molecule has 1 aliphatic rings. The van der Waals surface area contributed by atoms with Crippen LogP contribution in [-0.4, -0.2) is 11.5 Å². The van der Waals surface area contributed by atoms with Gasteiger partial charge >= 0.3 is 0 Å². The first kappa shape index (κ1) is 5.71. The molecule has 10 heavy (non-hydrogen) atoms. The van der Waals surface area contributed by atoms with E-state index in [9.17, 15) is 0 Å². The zero-order valence-electron chi connectivity index (χ0n) is 5.72. The number of rotatable bonds is 0. The molecule has 51 valence electrons. The minimum absolute atomic E-state index is 1.08. The Balaban J connectivity index is 2.41. The monoisotopic (exact) mass is 133 g/mol. The van der Waals surface area contributed by atoms with Crippen molar-refractivity contribution in [2.24, 2.45) is 0 Å². The van der Waals surface area contributed by atoms with Crippen LogP contribution in [0.5, 0.6) is 0 Å². The molecule has 0 atom stereocenters. The Morgan fingerprint density at radius 2 is 2.60 bits per heavy atom. The van der Waals surface area contributed by atoms with E-state index in [0.717, 1.165) is 18.7 Å². The molecule has 1 aromatic rings. The number of aryl methyl sites for hydroxylation is 1. The van der Waals surface area contributed by atoms with E-state index in [1.807, 2.05) is 6.20 Å². The number of fused-ring (bicyclic) bond motifs is 1. The summed E-state index contributed by atoms with van der Waals surface area (Å²) in [6, 6.07) is 3.07. The van der Waals surface area contributed by atoms with Gasteiger partial charge in [0, 0.05) is 30.7 Å². The van der Waals surface area contributed by atoms with Crippen LogP contribution >= 0.6 is 0 Å². The minimum Gasteiger partial charge on any atom is -0.384 e. The lowest BCUT2D eigenvalue weighted by Gasteiger charge is -2.15. The summed E-state index contributed by atoms with van der Waals surface area (Å²) in [5.41, 5.74) is 2.44. The van der Waals surface area contributed by atoms with E-state index < -0.39 is 0 Å². The molecule has 2 heterocycles. The van der Waals surface area contributed by atoms with Gasteiger partial charge in [0.2, 0.25) is 0 Å². The largest absolute Gasteiger partial charge is 0.384 e. The predicted molar refractivity (Wildman–Crippen MR) is 39.9 cm³/mol. The lowest BCUT2D eigenvalue weighted by molar-refractivity contribution is 0.824. The van der Waals surface area contributed by atoms with Gasteiger partial charge in [0.1, 0.15) is 0 Å². The first-order chi connectivity index (χ1) is 4.97. The summed E-state index contributed by atoms with van der Waals surface area (Å²) in [6.07, 6.45) is 5.98. The van der Waals surface area contributed by atoms with Crippen molar-refractivity contribution >= 4 is 5.69 Å². The number of hydrogen-bond acceptors (Lipinski definition) is 2. The quantitative estimate of drug-likeness (QED) is 0.576. The molecule has 0 saturated carbocycles. The Morgan fingerprint density at radius 1 is 1.60 bits per heavy atom. The molecule has 1 aliphatic heterocycles. The normalized spacial score (nSPS) is 15.6. The highest BCUT2D eigenvalue weighted by Gasteiger charge is 2.06. The first-order valence-corrected chi connectivity index (χ1v) is 3.55. The van der Waals surface area contributed by atoms with E-state index in [4.69, 9.17) is 0 Å². The Labute approximate surface area is 60.3 Å². The summed E-state index contributed by atoms with van der Waals surface area (Å²) in [5, 5.41) is 3.27. The molecule has 2 nitrogen and oxygen atoms in total. The smallest absolute Gasteiger partial charge is 0.0484 e. The Morgan fingerprint density at radius 3 is 3.50 bits per heavy atom. The molecule has 0 spiro atoms. The van der Waals surface area contributed by atoms with Crippen molar-refractivity contribution in [2.45, 2.75) is 12.8 Å². The molecule has 0 aromatic carbocycles. The number of nitrogens with one attached hydrogen (secondary N) is 1. The third kappa shape index (κ3) is 0.856. The molecule has 1 radical (unpaired) electrons. The van der Waals surface area contributed by atoms with Crippen molar-refractivity contribution in [2.75, 3.05) is 11.9 Å². The third-order valence-corrected chi connectivity index (χ3v) is 1.76. The van der Waals surface area contributed by atoms with Crippen LogP contribution in [0.15, 0.2) is 12.4 Å². The van der Waals surface area contributed by atoms with Gasteiger partial charge in [-0.15, -0.1) is 0 Å². The average Bonchev–Trinajstić information content (AvgIpc) is 2.05. The number of nitrogens with zero attached hydrogens (tertiary/aromatic N) is 1. The third-order valence-electron chi connectivity index (χ3n) is 1.76. The van der Waals surface area contributed by atoms with Gasteiger partial charge in [0.25, 0.3) is 0 Å². The van der Waals surface area contributed by atoms with Crippen molar-refractivity contribution in [1.29, 1.82) is 0 Å². The van der Waals surface area contributed by atoms with Crippen LogP contribution in [0.1, 0.15) is 12.0 Å². The highest BCUT2D eigenvalue weighted by atomic mass is 14.9. The van der Waals surface area contributed by atoms with Crippen LogP contribution in [0.4, 0.5) is 5.69 Å². The summed E-state index contributed by atoms with van der Waals surface area (Å²) in [4.78, 5) is 4.00. The van der Waals surface area contributed by atoms with Gasteiger partial charge in [0.05, 0.1) is 0 Å². The van der Waals surface area contributed by atoms with Gasteiger partial charge in [-0.3, -0.25) is 4.98 Å². The summed E-state index contributed by atoms with van der Waals surface area (Å²) in [5.74, 6) is 0. The number of anilines is 1. The Hall–Kier alpha value is -1.05. The molecule has 0 saturated heterocycles. The molecular weight excluding hydrogens is 124 g/mol. The lowest BCUT2D eigenvalue weighted by atomic mass is 10.1. The van der Waals surface area contributed by atoms with Crippen molar-refractivity contribution in [3.8, 4) is 0 Å². The maximum atomic E-state index is 4.00. The molecule has 0 fully saturated rings. The Bertz CT molecular complexity index is 207. The maximum Gasteiger partial charge on any atom is 0.0484 e. The van der Waals surface area contributed by atoms with Crippen molar-refractivity contribution in [1.82, 2.24) is 4.98 Å². The number of hydrogen-bond donors (Lipinski definition) is 1. The van der Waals surface area contributed by atoms with E-state index >= 15 is 0 Å². The second-order valence-corrected chi connectivity index (χ2v) is 2.48. The van der Waals surface area contributed by atoms with Crippen LogP contribution in [0.25, 0.3) is 0 Å². The van der Waals surface area contributed by atoms with Crippen LogP contribution in [-0.2, 0) is 6.42 Å². The second-order valence-electron chi connectivity index (χ2n) is 2.48. The van der Waals surface area contributed by atoms with Crippen LogP contribution in [0.3, 0.4) is 0 Å². The van der Waals surface area contributed by atoms with Crippen LogP contribution in [0, 0.1) is 6.07 Å². The summed E-state index contributed by atoms with van der Waals surface area (Å²) < 4.78 is 0. The number of aromatic nitrogens is 1. The highest BCUT2D eigenvalue weighted by Crippen LogP contribution is 2.18. The topological polar surface area (TPSA) is 24.9 Å². The summed E-state index contributed by atoms with van der Waals surface area (Å²) in [7, 11) is 0. The van der Waals surface area contributed by atoms with E-state index in [0.29, 0.717) is 0 Å². The standard InChI is InChI=1S/C8H9N2/c1-2-7-6-9-5-3-8(7)10-4-1/h5-6,10H,1-2,4H2. The van der Waals surface area contributed by atoms with Crippen molar-refractivity contribution in [3.63, 3.8) is 0 Å². The van der Waals surface area contributed by atoms with Crippen LogP contribution < -0.4 is 5.32 Å². The van der Waals surface area contributed by atoms with Gasteiger partial charge in [-0.25, -0.2) is 0 Å². The minimum atomic E-state index is 1.08. The Kier molecular flexibility index (Phi) is 1.31. The molecule has 0 unspecified atom stereocenters. The molecule has 0 amide bonds. The van der Waals surface area contributed by atoms with E-state index in [2.05, 4.69) is 16.4 Å². The molecule has 1 aromatic heterocycles. The van der Waals surface area contributed by atoms with Gasteiger partial charge in [-0.2, -0.15) is 0 Å². The van der Waals surface area contributed by atoms with E-state index in [-0.39, 0.29) is 0 Å². The molecule has 0 bridgehead atoms. The molecular formula is C8H9N2. The van der Waals surface area contributed by atoms with Gasteiger partial charge in [0.15, 0.2) is 0 Å². The van der Waals surface area contributed by atoms with Gasteiger partial charge < -0.3 is 5.32 Å². The first-order valence-electron chi connectivity index (χ1n) is 3.55. The van der Waals surface area contributed by atoms with Crippen LogP contribution in [0.2, 0.25) is 0 Å². The van der Waals surface area contributed by atoms with Gasteiger partial charge in [-0.1, -0.05) is 0 Å².